The van der Waals surface area contributed by atoms with Gasteiger partial charge in [-0.15, -0.1) is 0 Å². The average Bonchev–Trinajstić information content (AvgIpc) is 2.30. The van der Waals surface area contributed by atoms with Crippen LogP contribution in [0.3, 0.4) is 0 Å². The Morgan fingerprint density at radius 2 is 2.13 bits per heavy atom. The van der Waals surface area contributed by atoms with Gasteiger partial charge in [-0.3, -0.25) is 9.69 Å². The lowest BCUT2D eigenvalue weighted by molar-refractivity contribution is -0.121. The van der Waals surface area contributed by atoms with Crippen molar-refractivity contribution in [1.29, 1.82) is 0 Å². The molecule has 1 N–H and O–H groups in total. The fraction of sp³-hybridized carbons (Fsp3) is 0.750. The number of allylic oxidation sites excluding steroid dienone is 1. The summed E-state index contributed by atoms with van der Waals surface area (Å²) >= 11 is 0. The van der Waals surface area contributed by atoms with Crippen LogP contribution in [0.4, 0.5) is 0 Å². The molecule has 2 rings (SSSR count). The van der Waals surface area contributed by atoms with Gasteiger partial charge in [0.05, 0.1) is 0 Å². The van der Waals surface area contributed by atoms with Crippen molar-refractivity contribution in [3.8, 4) is 0 Å². The van der Waals surface area contributed by atoms with Crippen molar-refractivity contribution in [2.24, 2.45) is 5.92 Å². The SMILES string of the molecule is CC(=O)[C@@H]1CC=C[C@@H](N2CCNCC2)C1. The highest BCUT2D eigenvalue weighted by atomic mass is 16.1. The minimum absolute atomic E-state index is 0.259. The van der Waals surface area contributed by atoms with Crippen LogP contribution in [0.5, 0.6) is 0 Å². The number of nitrogens with zero attached hydrogens (tertiary/aromatic N) is 1. The molecule has 0 aromatic rings. The molecule has 3 heteroatoms. The molecule has 0 aromatic carbocycles. The highest BCUT2D eigenvalue weighted by Gasteiger charge is 2.26. The molecule has 1 heterocycles. The largest absolute Gasteiger partial charge is 0.314 e. The monoisotopic (exact) mass is 208 g/mol. The molecular formula is C12H20N2O. The van der Waals surface area contributed by atoms with E-state index in [1.165, 1.54) is 0 Å². The van der Waals surface area contributed by atoms with Gasteiger partial charge in [0.25, 0.3) is 0 Å². The molecule has 84 valence electrons. The van der Waals surface area contributed by atoms with Gasteiger partial charge in [-0.2, -0.15) is 0 Å². The summed E-state index contributed by atoms with van der Waals surface area (Å²) in [5.41, 5.74) is 0. The molecule has 2 atom stereocenters. The van der Waals surface area contributed by atoms with Crippen molar-refractivity contribution in [3.05, 3.63) is 12.2 Å². The van der Waals surface area contributed by atoms with Crippen LogP contribution in [-0.4, -0.2) is 42.9 Å². The van der Waals surface area contributed by atoms with E-state index < -0.39 is 0 Å². The van der Waals surface area contributed by atoms with E-state index in [0.717, 1.165) is 39.0 Å². The minimum atomic E-state index is 0.259. The van der Waals surface area contributed by atoms with Crippen LogP contribution in [0.2, 0.25) is 0 Å². The molecule has 0 saturated carbocycles. The van der Waals surface area contributed by atoms with Gasteiger partial charge in [-0.1, -0.05) is 12.2 Å². The lowest BCUT2D eigenvalue weighted by Crippen LogP contribution is -2.49. The average molecular weight is 208 g/mol. The molecule has 0 aromatic heterocycles. The predicted octanol–water partition coefficient (Wildman–Crippen LogP) is 0.815. The molecular weight excluding hydrogens is 188 g/mol. The third kappa shape index (κ3) is 2.67. The number of Topliss-reactive ketones (excluding diaryl/α,β-unsaturated/α-hetero) is 1. The lowest BCUT2D eigenvalue weighted by atomic mass is 9.87. The van der Waals surface area contributed by atoms with Crippen LogP contribution in [0.15, 0.2) is 12.2 Å². The third-order valence-corrected chi connectivity index (χ3v) is 3.50. The minimum Gasteiger partial charge on any atom is -0.314 e. The first kappa shape index (κ1) is 10.8. The second-order valence-electron chi connectivity index (χ2n) is 4.56. The zero-order valence-corrected chi connectivity index (χ0v) is 9.41. The normalized spacial score (nSPS) is 32.9. The summed E-state index contributed by atoms with van der Waals surface area (Å²) in [4.78, 5) is 13.9. The zero-order valence-electron chi connectivity index (χ0n) is 9.41. The second kappa shape index (κ2) is 4.90. The molecule has 1 aliphatic carbocycles. The van der Waals surface area contributed by atoms with Gasteiger partial charge in [0.15, 0.2) is 0 Å². The summed E-state index contributed by atoms with van der Waals surface area (Å²) in [6.07, 6.45) is 6.43. The molecule has 0 amide bonds. The molecule has 1 saturated heterocycles. The van der Waals surface area contributed by atoms with Gasteiger partial charge in [0.1, 0.15) is 5.78 Å². The molecule has 2 aliphatic rings. The molecule has 0 radical (unpaired) electrons. The number of ketones is 1. The lowest BCUT2D eigenvalue weighted by Gasteiger charge is -2.36. The summed E-state index contributed by atoms with van der Waals surface area (Å²) in [5.74, 6) is 0.606. The number of nitrogens with one attached hydrogen (secondary N) is 1. The Morgan fingerprint density at radius 3 is 2.80 bits per heavy atom. The molecule has 1 aliphatic heterocycles. The van der Waals surface area contributed by atoms with E-state index in [9.17, 15) is 4.79 Å². The number of rotatable bonds is 2. The Morgan fingerprint density at radius 1 is 1.40 bits per heavy atom. The first-order valence-corrected chi connectivity index (χ1v) is 5.89. The summed E-state index contributed by atoms with van der Waals surface area (Å²) in [5, 5.41) is 3.36. The van der Waals surface area contributed by atoms with Crippen LogP contribution >= 0.6 is 0 Å². The van der Waals surface area contributed by atoms with Crippen molar-refractivity contribution >= 4 is 5.78 Å². The van der Waals surface area contributed by atoms with Crippen LogP contribution in [-0.2, 0) is 4.79 Å². The Hall–Kier alpha value is -0.670. The van der Waals surface area contributed by atoms with Gasteiger partial charge < -0.3 is 5.32 Å². The maximum absolute atomic E-state index is 11.4. The number of carbonyl (C=O) groups is 1. The van der Waals surface area contributed by atoms with E-state index >= 15 is 0 Å². The standard InChI is InChI=1S/C12H20N2O/c1-10(15)11-3-2-4-12(9-11)14-7-5-13-6-8-14/h2,4,11-13H,3,5-9H2,1H3/t11-,12-/m1/s1. The van der Waals surface area contributed by atoms with Gasteiger partial charge in [-0.05, 0) is 19.8 Å². The first-order chi connectivity index (χ1) is 7.27. The van der Waals surface area contributed by atoms with Crippen LogP contribution < -0.4 is 5.32 Å². The van der Waals surface area contributed by atoms with Crippen LogP contribution in [0.1, 0.15) is 19.8 Å². The summed E-state index contributed by atoms with van der Waals surface area (Å²) in [7, 11) is 0. The molecule has 0 unspecified atom stereocenters. The fourth-order valence-corrected chi connectivity index (χ4v) is 2.48. The molecule has 15 heavy (non-hydrogen) atoms. The summed E-state index contributed by atoms with van der Waals surface area (Å²) < 4.78 is 0. The Balaban J connectivity index is 1.94. The number of hydrogen-bond donors (Lipinski definition) is 1. The van der Waals surface area contributed by atoms with E-state index in [1.54, 1.807) is 6.92 Å². The van der Waals surface area contributed by atoms with E-state index in [4.69, 9.17) is 0 Å². The van der Waals surface area contributed by atoms with E-state index in [2.05, 4.69) is 22.4 Å². The van der Waals surface area contributed by atoms with Gasteiger partial charge in [0, 0.05) is 38.1 Å². The third-order valence-electron chi connectivity index (χ3n) is 3.50. The predicted molar refractivity (Wildman–Crippen MR) is 60.8 cm³/mol. The second-order valence-corrected chi connectivity index (χ2v) is 4.56. The molecule has 0 bridgehead atoms. The smallest absolute Gasteiger partial charge is 0.133 e. The number of carbonyl (C=O) groups excluding carboxylic acids is 1. The van der Waals surface area contributed by atoms with Gasteiger partial charge >= 0.3 is 0 Å². The van der Waals surface area contributed by atoms with Crippen LogP contribution in [0.25, 0.3) is 0 Å². The maximum atomic E-state index is 11.4. The maximum Gasteiger partial charge on any atom is 0.133 e. The Labute approximate surface area is 91.5 Å². The van der Waals surface area contributed by atoms with Crippen molar-refractivity contribution in [3.63, 3.8) is 0 Å². The van der Waals surface area contributed by atoms with E-state index in [-0.39, 0.29) is 5.92 Å². The Kier molecular flexibility index (Phi) is 3.54. The quantitative estimate of drug-likeness (QED) is 0.682. The van der Waals surface area contributed by atoms with E-state index in [1.807, 2.05) is 0 Å². The topological polar surface area (TPSA) is 32.3 Å². The molecule has 1 fully saturated rings. The molecule has 0 spiro atoms. The summed E-state index contributed by atoms with van der Waals surface area (Å²) in [6.45, 7) is 6.10. The van der Waals surface area contributed by atoms with Crippen molar-refractivity contribution < 1.29 is 4.79 Å². The molecule has 3 nitrogen and oxygen atoms in total. The zero-order chi connectivity index (χ0) is 10.7. The fourth-order valence-electron chi connectivity index (χ4n) is 2.48. The Bertz CT molecular complexity index is 256. The summed E-state index contributed by atoms with van der Waals surface area (Å²) in [6, 6.07) is 0.495. The van der Waals surface area contributed by atoms with Gasteiger partial charge in [0.2, 0.25) is 0 Å². The number of hydrogen-bond acceptors (Lipinski definition) is 3. The highest BCUT2D eigenvalue weighted by molar-refractivity contribution is 5.78. The highest BCUT2D eigenvalue weighted by Crippen LogP contribution is 2.23. The van der Waals surface area contributed by atoms with Crippen molar-refractivity contribution in [2.45, 2.75) is 25.8 Å². The van der Waals surface area contributed by atoms with E-state index in [0.29, 0.717) is 11.8 Å². The van der Waals surface area contributed by atoms with Crippen LogP contribution in [0, 0.1) is 5.92 Å². The first-order valence-electron chi connectivity index (χ1n) is 5.89. The van der Waals surface area contributed by atoms with Crippen molar-refractivity contribution in [2.75, 3.05) is 26.2 Å². The van der Waals surface area contributed by atoms with Crippen molar-refractivity contribution in [1.82, 2.24) is 10.2 Å². The van der Waals surface area contributed by atoms with Gasteiger partial charge in [-0.25, -0.2) is 0 Å². The number of piperazine rings is 1.